The Kier molecular flexibility index (Phi) is 4.23. The van der Waals surface area contributed by atoms with E-state index in [4.69, 9.17) is 4.99 Å². The first kappa shape index (κ1) is 21.3. The van der Waals surface area contributed by atoms with Gasteiger partial charge in [0, 0.05) is 43.1 Å². The average Bonchev–Trinajstić information content (AvgIpc) is 3.73. The molecule has 0 radical (unpaired) electrons. The predicted octanol–water partition coefficient (Wildman–Crippen LogP) is 6.85. The highest BCUT2D eigenvalue weighted by molar-refractivity contribution is 6.09. The summed E-state index contributed by atoms with van der Waals surface area (Å²) in [5, 5.41) is 18.6. The third kappa shape index (κ3) is 3.04. The summed E-state index contributed by atoms with van der Waals surface area (Å²) in [6, 6.07) is 25.1. The minimum absolute atomic E-state index is 0.797. The van der Waals surface area contributed by atoms with Crippen molar-refractivity contribution in [2.75, 3.05) is 16.0 Å². The van der Waals surface area contributed by atoms with Crippen molar-refractivity contribution in [1.82, 2.24) is 19.9 Å². The van der Waals surface area contributed by atoms with E-state index >= 15 is 0 Å². The van der Waals surface area contributed by atoms with Gasteiger partial charge in [0.15, 0.2) is 0 Å². The molecule has 0 unspecified atom stereocenters. The van der Waals surface area contributed by atoms with Crippen molar-refractivity contribution in [2.45, 2.75) is 6.42 Å². The summed E-state index contributed by atoms with van der Waals surface area (Å²) in [6.07, 6.45) is 7.22. The summed E-state index contributed by atoms with van der Waals surface area (Å²) in [4.78, 5) is 19.5. The van der Waals surface area contributed by atoms with Crippen LogP contribution in [-0.2, 0) is 6.42 Å². The average molecular weight is 521 g/mol. The van der Waals surface area contributed by atoms with Crippen LogP contribution in [0.25, 0.3) is 38.4 Å². The van der Waals surface area contributed by atoms with Crippen LogP contribution in [0.2, 0.25) is 0 Å². The zero-order valence-electron chi connectivity index (χ0n) is 21.3. The highest BCUT2D eigenvalue weighted by Crippen LogP contribution is 2.39. The van der Waals surface area contributed by atoms with Crippen molar-refractivity contribution in [2.24, 2.45) is 4.99 Å². The van der Waals surface area contributed by atoms with Crippen molar-refractivity contribution >= 4 is 79.1 Å². The van der Waals surface area contributed by atoms with Crippen LogP contribution in [-0.4, -0.2) is 19.9 Å². The fourth-order valence-corrected chi connectivity index (χ4v) is 6.06. The summed E-state index contributed by atoms with van der Waals surface area (Å²) in [5.74, 6) is 6.24. The number of allylic oxidation sites excluding steroid dienone is 2. The zero-order chi connectivity index (χ0) is 26.2. The number of H-pyrrole nitrogens is 4. The largest absolute Gasteiger partial charge is 0.327 e. The third-order valence-corrected chi connectivity index (χ3v) is 7.95. The molecule has 8 heteroatoms. The minimum atomic E-state index is 0.797. The minimum Gasteiger partial charge on any atom is -0.327 e. The van der Waals surface area contributed by atoms with E-state index in [9.17, 15) is 0 Å². The highest BCUT2D eigenvalue weighted by atomic mass is 15.2. The molecule has 9 rings (SSSR count). The lowest BCUT2D eigenvalue weighted by atomic mass is 10.1. The van der Waals surface area contributed by atoms with Crippen molar-refractivity contribution in [3.63, 3.8) is 0 Å². The van der Waals surface area contributed by atoms with Crippen molar-refractivity contribution in [3.8, 4) is 0 Å². The second-order valence-electron chi connectivity index (χ2n) is 10.3. The van der Waals surface area contributed by atoms with Crippen LogP contribution in [0.5, 0.6) is 0 Å². The molecule has 3 aromatic carbocycles. The van der Waals surface area contributed by atoms with Gasteiger partial charge in [-0.25, -0.2) is 4.99 Å². The monoisotopic (exact) mass is 520 g/mol. The molecule has 7 aromatic rings. The second kappa shape index (κ2) is 7.94. The summed E-state index contributed by atoms with van der Waals surface area (Å²) < 4.78 is 0. The van der Waals surface area contributed by atoms with Crippen molar-refractivity contribution in [1.29, 1.82) is 0 Å². The molecule has 4 aromatic heterocycles. The van der Waals surface area contributed by atoms with Gasteiger partial charge in [-0.05, 0) is 6.42 Å². The molecule has 1 aliphatic carbocycles. The van der Waals surface area contributed by atoms with Gasteiger partial charge < -0.3 is 35.9 Å². The van der Waals surface area contributed by atoms with E-state index in [2.05, 4.69) is 121 Å². The standard InChI is InChI=1S/C32H24N8/c1-2-10-18-17(9-1)25-33-26(18)38-28-21-13-5-6-14-22(21)30(35-28)40-32-24-16-8-7-15-23(24)31(36-32)39-29-20-12-4-3-11-19(20)27(34-29)37-25/h1-15,33-35,37-38,40H,16H2,(H,36,39). The number of aromatic amines is 4. The van der Waals surface area contributed by atoms with Crippen LogP contribution < -0.4 is 26.7 Å². The molecule has 5 heterocycles. The lowest BCUT2D eigenvalue weighted by Gasteiger charge is -2.07. The Hall–Kier alpha value is -5.63. The first-order valence-electron chi connectivity index (χ1n) is 13.4. The quantitative estimate of drug-likeness (QED) is 0.119. The number of anilines is 6. The lowest BCUT2D eigenvalue weighted by Crippen LogP contribution is -2.25. The smallest absolute Gasteiger partial charge is 0.141 e. The SMILES string of the molecule is C1=CCc2c3[nH]/c(c2=C1)=N\c1[nH]c(c2ccccc12)Nc1[nH]c(c2ccccc12)Nc1[nH]c(c2ccccc12)N3. The van der Waals surface area contributed by atoms with E-state index in [-0.39, 0.29) is 0 Å². The Morgan fingerprint density at radius 3 is 1.55 bits per heavy atom. The van der Waals surface area contributed by atoms with Gasteiger partial charge in [0.05, 0.1) is 0 Å². The lowest BCUT2D eigenvalue weighted by molar-refractivity contribution is 1.15. The van der Waals surface area contributed by atoms with E-state index in [1.54, 1.807) is 0 Å². The van der Waals surface area contributed by atoms with Crippen molar-refractivity contribution < 1.29 is 0 Å². The number of fused-ring (bicyclic) bond motifs is 20. The number of nitrogens with zero attached hydrogens (tertiary/aromatic N) is 1. The molecule has 8 bridgehead atoms. The molecular weight excluding hydrogens is 496 g/mol. The maximum absolute atomic E-state index is 5.15. The Balaban J connectivity index is 1.37. The fourth-order valence-electron chi connectivity index (χ4n) is 6.06. The molecule has 0 spiro atoms. The molecule has 0 saturated heterocycles. The Labute approximate surface area is 227 Å². The van der Waals surface area contributed by atoms with Gasteiger partial charge in [0.2, 0.25) is 0 Å². The maximum Gasteiger partial charge on any atom is 0.141 e. The van der Waals surface area contributed by atoms with Gasteiger partial charge in [-0.15, -0.1) is 0 Å². The van der Waals surface area contributed by atoms with Gasteiger partial charge in [-0.1, -0.05) is 91.0 Å². The first-order valence-corrected chi connectivity index (χ1v) is 13.4. The summed E-state index contributed by atoms with van der Waals surface area (Å²) in [7, 11) is 0. The number of benzene rings is 3. The topological polar surface area (TPSA) is 112 Å². The van der Waals surface area contributed by atoms with E-state index in [0.29, 0.717) is 0 Å². The van der Waals surface area contributed by atoms with Gasteiger partial charge in [0.25, 0.3) is 0 Å². The summed E-state index contributed by atoms with van der Waals surface area (Å²) in [5.41, 5.74) is 2.00. The molecule has 8 nitrogen and oxygen atoms in total. The molecule has 40 heavy (non-hydrogen) atoms. The van der Waals surface area contributed by atoms with Gasteiger partial charge in [-0.2, -0.15) is 0 Å². The summed E-state index contributed by atoms with van der Waals surface area (Å²) >= 11 is 0. The third-order valence-electron chi connectivity index (χ3n) is 7.95. The molecule has 192 valence electrons. The normalized spacial score (nSPS) is 14.7. The van der Waals surface area contributed by atoms with Crippen LogP contribution in [0.15, 0.2) is 89.9 Å². The molecule has 2 aliphatic rings. The van der Waals surface area contributed by atoms with Crippen molar-refractivity contribution in [3.05, 3.63) is 101 Å². The number of nitrogens with one attached hydrogen (secondary N) is 7. The summed E-state index contributed by atoms with van der Waals surface area (Å²) in [6.45, 7) is 0. The van der Waals surface area contributed by atoms with E-state index in [1.807, 2.05) is 6.07 Å². The Morgan fingerprint density at radius 1 is 0.500 bits per heavy atom. The van der Waals surface area contributed by atoms with E-state index in [1.165, 1.54) is 5.56 Å². The molecular formula is C32H24N8. The molecule has 7 N–H and O–H groups in total. The van der Waals surface area contributed by atoms with E-state index in [0.717, 1.165) is 90.2 Å². The van der Waals surface area contributed by atoms with Crippen LogP contribution in [0.3, 0.4) is 0 Å². The molecule has 0 amide bonds. The Bertz CT molecular complexity index is 2290. The molecule has 0 saturated carbocycles. The van der Waals surface area contributed by atoms with E-state index < -0.39 is 0 Å². The molecule has 1 aliphatic heterocycles. The second-order valence-corrected chi connectivity index (χ2v) is 10.3. The van der Waals surface area contributed by atoms with Crippen LogP contribution in [0.4, 0.5) is 40.7 Å². The number of hydrogen-bond donors (Lipinski definition) is 7. The predicted molar refractivity (Wildman–Crippen MR) is 163 cm³/mol. The Morgan fingerprint density at radius 2 is 0.975 bits per heavy atom. The molecule has 0 fully saturated rings. The van der Waals surface area contributed by atoms with Crippen LogP contribution in [0.1, 0.15) is 5.56 Å². The number of aromatic nitrogens is 4. The molecule has 0 atom stereocenters. The highest BCUT2D eigenvalue weighted by Gasteiger charge is 2.19. The van der Waals surface area contributed by atoms with Gasteiger partial charge in [0.1, 0.15) is 46.2 Å². The maximum atomic E-state index is 5.15. The fraction of sp³-hybridized carbons (Fsp3) is 0.0312. The number of rotatable bonds is 0. The van der Waals surface area contributed by atoms with Gasteiger partial charge in [-0.3, -0.25) is 0 Å². The van der Waals surface area contributed by atoms with Crippen LogP contribution >= 0.6 is 0 Å². The van der Waals surface area contributed by atoms with Crippen LogP contribution in [0, 0.1) is 0 Å². The number of hydrogen-bond acceptors (Lipinski definition) is 4. The first-order chi connectivity index (χ1) is 19.8. The van der Waals surface area contributed by atoms with Gasteiger partial charge >= 0.3 is 0 Å². The zero-order valence-corrected chi connectivity index (χ0v) is 21.3.